The highest BCUT2D eigenvalue weighted by Crippen LogP contribution is 2.38. The average Bonchev–Trinajstić information content (AvgIpc) is 3.18. The molecular weight excluding hydrogens is 563 g/mol. The SMILES string of the molecule is Cc1[nH]c2c(-c3ccccc3)c(C(F)(F)F)nn2c(=O)c1C(=O)Nc1cccc(N(S(C)(=O)=O)S(C)(=O)=O)c1. The van der Waals surface area contributed by atoms with E-state index in [0.29, 0.717) is 17.0 Å². The van der Waals surface area contributed by atoms with Gasteiger partial charge < -0.3 is 10.3 Å². The second kappa shape index (κ2) is 9.53. The van der Waals surface area contributed by atoms with E-state index in [2.05, 4.69) is 15.4 Å². The maximum atomic E-state index is 13.9. The van der Waals surface area contributed by atoms with Gasteiger partial charge in [-0.05, 0) is 30.7 Å². The highest BCUT2D eigenvalue weighted by molar-refractivity contribution is 8.09. The number of sulfonamides is 2. The molecule has 0 aliphatic heterocycles. The molecule has 11 nitrogen and oxygen atoms in total. The van der Waals surface area contributed by atoms with Crippen molar-refractivity contribution in [1.29, 1.82) is 0 Å². The fraction of sp³-hybridized carbons (Fsp3) is 0.174. The van der Waals surface area contributed by atoms with E-state index in [4.69, 9.17) is 0 Å². The molecule has 4 aromatic rings. The van der Waals surface area contributed by atoms with Crippen molar-refractivity contribution >= 4 is 43.0 Å². The number of amides is 1. The van der Waals surface area contributed by atoms with Gasteiger partial charge in [-0.25, -0.2) is 16.8 Å². The van der Waals surface area contributed by atoms with Gasteiger partial charge in [0.2, 0.25) is 20.0 Å². The van der Waals surface area contributed by atoms with Gasteiger partial charge in [-0.2, -0.15) is 26.5 Å². The third-order valence-electron chi connectivity index (χ3n) is 5.45. The molecule has 2 aromatic heterocycles. The van der Waals surface area contributed by atoms with E-state index in [9.17, 15) is 39.6 Å². The topological polar surface area (TPSA) is 151 Å². The number of aryl methyl sites for hydroxylation is 1. The Labute approximate surface area is 220 Å². The molecule has 4 rings (SSSR count). The zero-order valence-electron chi connectivity index (χ0n) is 20.4. The summed E-state index contributed by atoms with van der Waals surface area (Å²) >= 11 is 0. The quantitative estimate of drug-likeness (QED) is 0.354. The summed E-state index contributed by atoms with van der Waals surface area (Å²) < 4.78 is 90.5. The van der Waals surface area contributed by atoms with Gasteiger partial charge in [0.25, 0.3) is 11.5 Å². The third-order valence-corrected chi connectivity index (χ3v) is 8.70. The van der Waals surface area contributed by atoms with E-state index in [1.165, 1.54) is 49.4 Å². The predicted octanol–water partition coefficient (Wildman–Crippen LogP) is 2.99. The van der Waals surface area contributed by atoms with Gasteiger partial charge in [0.05, 0.1) is 23.8 Å². The average molecular weight is 584 g/mol. The minimum atomic E-state index is -4.92. The van der Waals surface area contributed by atoms with E-state index < -0.39 is 48.9 Å². The number of benzene rings is 2. The number of fused-ring (bicyclic) bond motifs is 1. The van der Waals surface area contributed by atoms with Crippen LogP contribution < -0.4 is 14.6 Å². The standard InChI is InChI=1S/C23H20F3N5O6S2/c1-13-17(21(32)28-15-10-7-11-16(12-15)31(38(2,34)35)39(3,36)37)22(33)30-20(27-13)18(14-8-5-4-6-9-14)19(29-30)23(24,25)26/h4-12,27H,1-3H3,(H,28,32). The molecule has 0 atom stereocenters. The van der Waals surface area contributed by atoms with E-state index in [-0.39, 0.29) is 37.6 Å². The monoisotopic (exact) mass is 583 g/mol. The molecule has 2 N–H and O–H groups in total. The summed E-state index contributed by atoms with van der Waals surface area (Å²) in [5.41, 5.74) is -4.00. The summed E-state index contributed by atoms with van der Waals surface area (Å²) in [4.78, 5) is 29.0. The first-order valence-electron chi connectivity index (χ1n) is 10.9. The second-order valence-electron chi connectivity index (χ2n) is 8.51. The van der Waals surface area contributed by atoms with Crippen LogP contribution in [0.25, 0.3) is 16.8 Å². The Kier molecular flexibility index (Phi) is 6.81. The number of hydrogen-bond donors (Lipinski definition) is 2. The predicted molar refractivity (Wildman–Crippen MR) is 138 cm³/mol. The molecule has 2 aromatic carbocycles. The summed E-state index contributed by atoms with van der Waals surface area (Å²) in [7, 11) is -8.55. The lowest BCUT2D eigenvalue weighted by Gasteiger charge is -2.20. The highest BCUT2D eigenvalue weighted by Gasteiger charge is 2.39. The fourth-order valence-corrected chi connectivity index (χ4v) is 7.01. The van der Waals surface area contributed by atoms with Crippen molar-refractivity contribution < 1.29 is 34.8 Å². The van der Waals surface area contributed by atoms with Gasteiger partial charge in [0.1, 0.15) is 11.2 Å². The molecule has 0 aliphatic rings. The summed E-state index contributed by atoms with van der Waals surface area (Å²) in [6.45, 7) is 1.32. The number of aromatic amines is 1. The number of rotatable bonds is 6. The first kappa shape index (κ1) is 27.8. The van der Waals surface area contributed by atoms with E-state index >= 15 is 0 Å². The molecule has 0 unspecified atom stereocenters. The van der Waals surface area contributed by atoms with Crippen molar-refractivity contribution in [2.75, 3.05) is 21.5 Å². The van der Waals surface area contributed by atoms with Crippen molar-refractivity contribution in [1.82, 2.24) is 14.6 Å². The first-order valence-corrected chi connectivity index (χ1v) is 14.6. The third kappa shape index (κ3) is 5.37. The van der Waals surface area contributed by atoms with Crippen molar-refractivity contribution in [3.8, 4) is 11.1 Å². The van der Waals surface area contributed by atoms with Crippen LogP contribution in [0, 0.1) is 6.92 Å². The van der Waals surface area contributed by atoms with Crippen LogP contribution in [0.4, 0.5) is 24.5 Å². The maximum Gasteiger partial charge on any atom is 0.435 e. The van der Waals surface area contributed by atoms with Crippen molar-refractivity contribution in [2.45, 2.75) is 13.1 Å². The molecule has 1 amide bonds. The Morgan fingerprint density at radius 1 is 1.00 bits per heavy atom. The van der Waals surface area contributed by atoms with Gasteiger partial charge in [-0.3, -0.25) is 9.59 Å². The van der Waals surface area contributed by atoms with Gasteiger partial charge in [-0.15, -0.1) is 0 Å². The van der Waals surface area contributed by atoms with Crippen molar-refractivity contribution in [3.05, 3.63) is 81.9 Å². The number of halogens is 3. The van der Waals surface area contributed by atoms with Crippen LogP contribution in [0.3, 0.4) is 0 Å². The Hall–Kier alpha value is -4.18. The number of nitrogens with one attached hydrogen (secondary N) is 2. The summed E-state index contributed by atoms with van der Waals surface area (Å²) in [6, 6.07) is 12.3. The van der Waals surface area contributed by atoms with E-state index in [1.807, 2.05) is 0 Å². The molecule has 0 radical (unpaired) electrons. The molecule has 0 spiro atoms. The molecule has 0 fully saturated rings. The largest absolute Gasteiger partial charge is 0.435 e. The normalized spacial score (nSPS) is 12.5. The van der Waals surface area contributed by atoms with Crippen LogP contribution in [0.2, 0.25) is 0 Å². The lowest BCUT2D eigenvalue weighted by atomic mass is 10.1. The van der Waals surface area contributed by atoms with Crippen LogP contribution in [-0.2, 0) is 26.2 Å². The molecule has 16 heteroatoms. The van der Waals surface area contributed by atoms with Crippen LogP contribution in [0.5, 0.6) is 0 Å². The number of H-pyrrole nitrogens is 1. The minimum absolute atomic E-state index is 0.0686. The molecule has 0 saturated heterocycles. The Bertz CT molecular complexity index is 1850. The van der Waals surface area contributed by atoms with Crippen molar-refractivity contribution in [3.63, 3.8) is 0 Å². The lowest BCUT2D eigenvalue weighted by molar-refractivity contribution is -0.140. The smallest absolute Gasteiger partial charge is 0.342 e. The maximum absolute atomic E-state index is 13.9. The molecule has 206 valence electrons. The van der Waals surface area contributed by atoms with Gasteiger partial charge in [0, 0.05) is 11.4 Å². The van der Waals surface area contributed by atoms with Gasteiger partial charge >= 0.3 is 6.18 Å². The van der Waals surface area contributed by atoms with Gasteiger partial charge in [0.15, 0.2) is 5.69 Å². The van der Waals surface area contributed by atoms with E-state index in [0.717, 1.165) is 6.07 Å². The number of hydrogen-bond acceptors (Lipinski definition) is 7. The summed E-state index contributed by atoms with van der Waals surface area (Å²) in [5.74, 6) is -1.05. The van der Waals surface area contributed by atoms with Crippen LogP contribution in [0.1, 0.15) is 21.7 Å². The lowest BCUT2D eigenvalue weighted by Crippen LogP contribution is -2.35. The Morgan fingerprint density at radius 2 is 1.62 bits per heavy atom. The number of alkyl halides is 3. The van der Waals surface area contributed by atoms with Crippen LogP contribution in [0.15, 0.2) is 59.4 Å². The van der Waals surface area contributed by atoms with Gasteiger partial charge in [-0.1, -0.05) is 36.4 Å². The summed E-state index contributed by atoms with van der Waals surface area (Å²) in [6.07, 6.45) is -3.56. The number of anilines is 2. The van der Waals surface area contributed by atoms with E-state index in [1.54, 1.807) is 6.07 Å². The van der Waals surface area contributed by atoms with Crippen LogP contribution in [-0.4, -0.2) is 49.9 Å². The zero-order valence-corrected chi connectivity index (χ0v) is 22.1. The Morgan fingerprint density at radius 3 is 2.18 bits per heavy atom. The molecule has 0 aliphatic carbocycles. The minimum Gasteiger partial charge on any atom is -0.342 e. The van der Waals surface area contributed by atoms with Crippen LogP contribution >= 0.6 is 0 Å². The molecule has 2 heterocycles. The number of carbonyl (C=O) groups excluding carboxylic acids is 1. The molecule has 0 bridgehead atoms. The highest BCUT2D eigenvalue weighted by atomic mass is 32.3. The first-order chi connectivity index (χ1) is 18.0. The number of nitrogens with zero attached hydrogens (tertiary/aromatic N) is 3. The number of carbonyl (C=O) groups is 1. The fourth-order valence-electron chi connectivity index (χ4n) is 4.05. The zero-order chi connectivity index (χ0) is 28.9. The summed E-state index contributed by atoms with van der Waals surface area (Å²) in [5, 5.41) is 5.82. The Balaban J connectivity index is 1.82. The second-order valence-corrected chi connectivity index (χ2v) is 12.4. The number of aromatic nitrogens is 3. The molecule has 0 saturated carbocycles. The molecule has 39 heavy (non-hydrogen) atoms. The van der Waals surface area contributed by atoms with Crippen molar-refractivity contribution in [2.24, 2.45) is 0 Å². The molecular formula is C23H20F3N5O6S2.